The van der Waals surface area contributed by atoms with Crippen LogP contribution >= 0.6 is 0 Å². The van der Waals surface area contributed by atoms with Crippen molar-refractivity contribution in [1.29, 1.82) is 0 Å². The normalized spacial score (nSPS) is 18.9. The third-order valence-corrected chi connectivity index (χ3v) is 6.85. The number of carbonyl (C=O) groups excluding carboxylic acids is 1. The van der Waals surface area contributed by atoms with E-state index in [1.165, 1.54) is 6.07 Å². The van der Waals surface area contributed by atoms with Crippen molar-refractivity contribution < 1.29 is 22.4 Å². The van der Waals surface area contributed by atoms with Crippen LogP contribution in [0, 0.1) is 12.8 Å². The number of fused-ring (bicyclic) bond motifs is 1. The minimum absolute atomic E-state index is 0.0387. The van der Waals surface area contributed by atoms with Crippen LogP contribution in [0.25, 0.3) is 11.0 Å². The largest absolute Gasteiger partial charge is 0.461 e. The molecule has 7 heteroatoms. The summed E-state index contributed by atoms with van der Waals surface area (Å²) >= 11 is 0. The van der Waals surface area contributed by atoms with Gasteiger partial charge in [0, 0.05) is 23.4 Å². The van der Waals surface area contributed by atoms with Crippen molar-refractivity contribution in [1.82, 2.24) is 0 Å². The van der Waals surface area contributed by atoms with Crippen molar-refractivity contribution in [2.75, 3.05) is 11.5 Å². The zero-order chi connectivity index (χ0) is 19.8. The molecule has 0 radical (unpaired) electrons. The second kappa shape index (κ2) is 7.46. The molecule has 27 heavy (non-hydrogen) atoms. The van der Waals surface area contributed by atoms with Gasteiger partial charge in [0.05, 0.1) is 11.5 Å². The average Bonchev–Trinajstić information content (AvgIpc) is 2.90. The van der Waals surface area contributed by atoms with Crippen LogP contribution in [0.2, 0.25) is 0 Å². The van der Waals surface area contributed by atoms with Gasteiger partial charge in [-0.1, -0.05) is 13.8 Å². The number of benzene rings is 1. The number of esters is 1. The summed E-state index contributed by atoms with van der Waals surface area (Å²) in [4.78, 5) is 24.0. The Morgan fingerprint density at radius 1 is 1.30 bits per heavy atom. The van der Waals surface area contributed by atoms with Crippen molar-refractivity contribution >= 4 is 26.8 Å². The molecule has 0 amide bonds. The molecule has 0 aliphatic carbocycles. The quantitative estimate of drug-likeness (QED) is 0.574. The zero-order valence-corrected chi connectivity index (χ0v) is 16.6. The Kier molecular flexibility index (Phi) is 5.42. The molecule has 2 heterocycles. The number of hydrogen-bond acceptors (Lipinski definition) is 6. The number of rotatable bonds is 5. The average molecular weight is 392 g/mol. The lowest BCUT2D eigenvalue weighted by Gasteiger charge is -2.13. The lowest BCUT2D eigenvalue weighted by Crippen LogP contribution is -2.13. The summed E-state index contributed by atoms with van der Waals surface area (Å²) in [5.41, 5.74) is 2.75. The van der Waals surface area contributed by atoms with Crippen LogP contribution in [0.1, 0.15) is 49.3 Å². The zero-order valence-electron chi connectivity index (χ0n) is 15.8. The predicted octanol–water partition coefficient (Wildman–Crippen LogP) is 3.09. The molecule has 1 atom stereocenters. The third kappa shape index (κ3) is 4.58. The second-order valence-electron chi connectivity index (χ2n) is 7.58. The molecule has 0 bridgehead atoms. The molecule has 1 aromatic carbocycles. The highest BCUT2D eigenvalue weighted by Gasteiger charge is 2.29. The van der Waals surface area contributed by atoms with E-state index < -0.39 is 21.4 Å². The Bertz CT molecular complexity index is 1030. The number of sulfone groups is 1. The molecule has 1 unspecified atom stereocenters. The number of ether oxygens (including phenoxy) is 1. The van der Waals surface area contributed by atoms with E-state index in [9.17, 15) is 18.0 Å². The summed E-state index contributed by atoms with van der Waals surface area (Å²) in [5, 5.41) is 0.750. The van der Waals surface area contributed by atoms with Gasteiger partial charge in [0.2, 0.25) is 0 Å². The van der Waals surface area contributed by atoms with Gasteiger partial charge in [-0.3, -0.25) is 4.79 Å². The maximum Gasteiger partial charge on any atom is 0.336 e. The minimum atomic E-state index is -3.02. The fourth-order valence-corrected chi connectivity index (χ4v) is 5.48. The second-order valence-corrected chi connectivity index (χ2v) is 9.81. The van der Waals surface area contributed by atoms with E-state index >= 15 is 0 Å². The Balaban J connectivity index is 1.79. The maximum absolute atomic E-state index is 12.1. The van der Waals surface area contributed by atoms with E-state index in [-0.39, 0.29) is 30.5 Å². The highest BCUT2D eigenvalue weighted by atomic mass is 32.2. The van der Waals surface area contributed by atoms with Crippen molar-refractivity contribution in [3.8, 4) is 0 Å². The molecule has 1 aliphatic heterocycles. The Labute approximate surface area is 158 Å². The van der Waals surface area contributed by atoms with E-state index in [0.29, 0.717) is 23.5 Å². The summed E-state index contributed by atoms with van der Waals surface area (Å²) in [6.45, 7) is 6.10. The molecule has 2 aromatic rings. The number of aryl methyl sites for hydroxylation is 1. The number of carbonyl (C=O) groups is 1. The maximum atomic E-state index is 12.1. The molecule has 1 aromatic heterocycles. The van der Waals surface area contributed by atoms with Crippen LogP contribution in [-0.4, -0.2) is 25.9 Å². The van der Waals surface area contributed by atoms with E-state index in [0.717, 1.165) is 16.5 Å². The van der Waals surface area contributed by atoms with E-state index in [1.807, 2.05) is 19.1 Å². The van der Waals surface area contributed by atoms with Gasteiger partial charge in [0.15, 0.2) is 9.84 Å². The molecular weight excluding hydrogens is 368 g/mol. The fourth-order valence-electron chi connectivity index (χ4n) is 3.62. The molecule has 1 saturated heterocycles. The topological polar surface area (TPSA) is 90.7 Å². The Morgan fingerprint density at radius 3 is 2.67 bits per heavy atom. The minimum Gasteiger partial charge on any atom is -0.461 e. The van der Waals surface area contributed by atoms with Crippen molar-refractivity contribution in [3.05, 3.63) is 45.3 Å². The summed E-state index contributed by atoms with van der Waals surface area (Å²) in [6, 6.07) is 5.15. The van der Waals surface area contributed by atoms with Gasteiger partial charge >= 0.3 is 11.6 Å². The first-order valence-electron chi connectivity index (χ1n) is 9.08. The molecule has 1 fully saturated rings. The first-order chi connectivity index (χ1) is 12.6. The summed E-state index contributed by atoms with van der Waals surface area (Å²) in [6.07, 6.45) is 0.571. The van der Waals surface area contributed by atoms with E-state index in [4.69, 9.17) is 9.15 Å². The van der Waals surface area contributed by atoms with Gasteiger partial charge in [-0.2, -0.15) is 0 Å². The van der Waals surface area contributed by atoms with E-state index in [2.05, 4.69) is 13.8 Å². The molecule has 146 valence electrons. The summed E-state index contributed by atoms with van der Waals surface area (Å²) < 4.78 is 33.6. The smallest absolute Gasteiger partial charge is 0.336 e. The molecule has 0 saturated carbocycles. The molecule has 6 nitrogen and oxygen atoms in total. The van der Waals surface area contributed by atoms with Gasteiger partial charge in [-0.25, -0.2) is 13.2 Å². The van der Waals surface area contributed by atoms with E-state index in [1.54, 1.807) is 0 Å². The molecule has 0 spiro atoms. The standard InChI is InChI=1S/C20H24O6S/c1-12(2)16-9-17-15(8-20(22)26-18(17)6-13(16)3)10-25-19(21)7-14-4-5-27(23,24)11-14/h6,8-9,12,14H,4-5,7,10-11H2,1-3H3. The lowest BCUT2D eigenvalue weighted by molar-refractivity contribution is -0.145. The van der Waals surface area contributed by atoms with Crippen molar-refractivity contribution in [2.45, 2.75) is 46.1 Å². The summed E-state index contributed by atoms with van der Waals surface area (Å²) in [7, 11) is -3.02. The van der Waals surface area contributed by atoms with Crippen LogP contribution < -0.4 is 5.63 Å². The van der Waals surface area contributed by atoms with Gasteiger partial charge < -0.3 is 9.15 Å². The molecule has 3 rings (SSSR count). The molecular formula is C20H24O6S. The van der Waals surface area contributed by atoms with Crippen LogP contribution in [-0.2, 0) is 26.0 Å². The molecule has 0 N–H and O–H groups in total. The van der Waals surface area contributed by atoms with Gasteiger partial charge in [-0.15, -0.1) is 0 Å². The van der Waals surface area contributed by atoms with Gasteiger partial charge in [0.25, 0.3) is 0 Å². The predicted molar refractivity (Wildman–Crippen MR) is 102 cm³/mol. The van der Waals surface area contributed by atoms with Crippen molar-refractivity contribution in [3.63, 3.8) is 0 Å². The van der Waals surface area contributed by atoms with Gasteiger partial charge in [0.1, 0.15) is 12.2 Å². The first-order valence-corrected chi connectivity index (χ1v) is 10.9. The SMILES string of the molecule is Cc1cc2oc(=O)cc(COC(=O)CC3CCS(=O)(=O)C3)c2cc1C(C)C. The van der Waals surface area contributed by atoms with Crippen LogP contribution in [0.5, 0.6) is 0 Å². The summed E-state index contributed by atoms with van der Waals surface area (Å²) in [5.74, 6) is -0.158. The lowest BCUT2D eigenvalue weighted by atomic mass is 9.95. The Hall–Kier alpha value is -2.15. The van der Waals surface area contributed by atoms with Crippen LogP contribution in [0.15, 0.2) is 27.4 Å². The fraction of sp³-hybridized carbons (Fsp3) is 0.500. The molecule has 1 aliphatic rings. The third-order valence-electron chi connectivity index (χ3n) is 5.01. The van der Waals surface area contributed by atoms with Crippen molar-refractivity contribution in [2.24, 2.45) is 5.92 Å². The highest BCUT2D eigenvalue weighted by molar-refractivity contribution is 7.91. The number of hydrogen-bond donors (Lipinski definition) is 0. The van der Waals surface area contributed by atoms with Crippen LogP contribution in [0.3, 0.4) is 0 Å². The Morgan fingerprint density at radius 2 is 2.04 bits per heavy atom. The van der Waals surface area contributed by atoms with Crippen LogP contribution in [0.4, 0.5) is 0 Å². The monoisotopic (exact) mass is 392 g/mol. The van der Waals surface area contributed by atoms with Gasteiger partial charge in [-0.05, 0) is 48.4 Å². The highest BCUT2D eigenvalue weighted by Crippen LogP contribution is 2.27. The first kappa shape index (κ1) is 19.6.